The third kappa shape index (κ3) is 2.43. The van der Waals surface area contributed by atoms with Gasteiger partial charge < -0.3 is 15.8 Å². The molecule has 0 aliphatic heterocycles. The molecule has 7 nitrogen and oxygen atoms in total. The number of nitrogens with two attached hydrogens (primary N) is 1. The summed E-state index contributed by atoms with van der Waals surface area (Å²) < 4.78 is 6.10. The van der Waals surface area contributed by atoms with Crippen molar-refractivity contribution in [1.29, 1.82) is 0 Å². The molecule has 1 unspecified atom stereocenters. The molecule has 0 saturated heterocycles. The number of methoxy groups -OCH3 is 1. The van der Waals surface area contributed by atoms with Crippen LogP contribution in [-0.4, -0.2) is 29.3 Å². The lowest BCUT2D eigenvalue weighted by Crippen LogP contribution is -2.35. The van der Waals surface area contributed by atoms with Crippen molar-refractivity contribution in [3.63, 3.8) is 0 Å². The fourth-order valence-corrected chi connectivity index (χ4v) is 1.31. The molecule has 0 fully saturated rings. The lowest BCUT2D eigenvalue weighted by atomic mass is 10.3. The molecule has 1 rings (SSSR count). The maximum atomic E-state index is 11.5. The predicted octanol–water partition coefficient (Wildman–Crippen LogP) is -0.897. The van der Waals surface area contributed by atoms with Crippen LogP contribution in [0.2, 0.25) is 0 Å². The fourth-order valence-electron chi connectivity index (χ4n) is 1.31. The average Bonchev–Trinajstić information content (AvgIpc) is 2.22. The van der Waals surface area contributed by atoms with Gasteiger partial charge in [0.05, 0.1) is 6.61 Å². The van der Waals surface area contributed by atoms with Gasteiger partial charge in [-0.05, 0) is 6.92 Å². The molecule has 1 aromatic rings. The molecule has 90 valence electrons. The third-order valence-electron chi connectivity index (χ3n) is 2.18. The van der Waals surface area contributed by atoms with E-state index in [2.05, 4.69) is 10.3 Å². The number of anilines is 2. The molecular formula is C9H16N4O3. The van der Waals surface area contributed by atoms with E-state index in [0.717, 1.165) is 0 Å². The van der Waals surface area contributed by atoms with Gasteiger partial charge >= 0.3 is 5.69 Å². The lowest BCUT2D eigenvalue weighted by molar-refractivity contribution is 0.190. The largest absolute Gasteiger partial charge is 0.383 e. The summed E-state index contributed by atoms with van der Waals surface area (Å²) in [5.74, 6) is 0.108. The Labute approximate surface area is 92.2 Å². The van der Waals surface area contributed by atoms with Crippen molar-refractivity contribution in [3.8, 4) is 0 Å². The van der Waals surface area contributed by atoms with Crippen LogP contribution in [0.15, 0.2) is 9.59 Å². The topological polar surface area (TPSA) is 102 Å². The Bertz CT molecular complexity index is 477. The summed E-state index contributed by atoms with van der Waals surface area (Å²) >= 11 is 0. The molecule has 0 bridgehead atoms. The number of hydrogen-bond donors (Lipinski definition) is 3. The summed E-state index contributed by atoms with van der Waals surface area (Å²) in [6, 6.07) is -0.0779. The van der Waals surface area contributed by atoms with Crippen molar-refractivity contribution in [2.24, 2.45) is 7.05 Å². The van der Waals surface area contributed by atoms with Crippen molar-refractivity contribution in [2.75, 3.05) is 24.8 Å². The molecule has 4 N–H and O–H groups in total. The number of nitrogens with one attached hydrogen (secondary N) is 2. The number of aromatic amines is 1. The summed E-state index contributed by atoms with van der Waals surface area (Å²) in [7, 11) is 3.05. The van der Waals surface area contributed by atoms with E-state index in [1.807, 2.05) is 6.92 Å². The molecule has 0 aliphatic carbocycles. The molecule has 0 aliphatic rings. The van der Waals surface area contributed by atoms with Crippen molar-refractivity contribution in [1.82, 2.24) is 9.55 Å². The first-order chi connectivity index (χ1) is 7.47. The normalized spacial score (nSPS) is 12.4. The number of ether oxygens (including phenoxy) is 1. The Kier molecular flexibility index (Phi) is 3.73. The second-order valence-corrected chi connectivity index (χ2v) is 3.58. The third-order valence-corrected chi connectivity index (χ3v) is 2.18. The highest BCUT2D eigenvalue weighted by atomic mass is 16.5. The van der Waals surface area contributed by atoms with Gasteiger partial charge in [0.15, 0.2) is 0 Å². The number of nitrogen functional groups attached to an aromatic ring is 1. The summed E-state index contributed by atoms with van der Waals surface area (Å²) in [6.45, 7) is 2.27. The first-order valence-electron chi connectivity index (χ1n) is 4.81. The lowest BCUT2D eigenvalue weighted by Gasteiger charge is -2.15. The second kappa shape index (κ2) is 4.84. The molecule has 16 heavy (non-hydrogen) atoms. The zero-order chi connectivity index (χ0) is 12.3. The Hall–Kier alpha value is -1.76. The van der Waals surface area contributed by atoms with Gasteiger partial charge in [0, 0.05) is 20.2 Å². The van der Waals surface area contributed by atoms with E-state index in [9.17, 15) is 9.59 Å². The van der Waals surface area contributed by atoms with Crippen LogP contribution in [0.4, 0.5) is 11.5 Å². The smallest absolute Gasteiger partial charge is 0.329 e. The number of nitrogens with zero attached hydrogens (tertiary/aromatic N) is 1. The Morgan fingerprint density at radius 3 is 2.75 bits per heavy atom. The molecule has 1 aromatic heterocycles. The Morgan fingerprint density at radius 2 is 2.19 bits per heavy atom. The molecule has 0 amide bonds. The molecule has 7 heteroatoms. The highest BCUT2D eigenvalue weighted by Gasteiger charge is 2.11. The number of H-pyrrole nitrogens is 1. The fraction of sp³-hybridized carbons (Fsp3) is 0.556. The number of hydrogen-bond acceptors (Lipinski definition) is 5. The summed E-state index contributed by atoms with van der Waals surface area (Å²) in [5.41, 5.74) is 4.80. The minimum Gasteiger partial charge on any atom is -0.383 e. The van der Waals surface area contributed by atoms with Gasteiger partial charge in [0.1, 0.15) is 11.5 Å². The van der Waals surface area contributed by atoms with Gasteiger partial charge in [0.2, 0.25) is 0 Å². The van der Waals surface area contributed by atoms with Crippen LogP contribution in [-0.2, 0) is 11.8 Å². The summed E-state index contributed by atoms with van der Waals surface area (Å²) in [6.07, 6.45) is 0. The minimum atomic E-state index is -0.535. The molecule has 0 spiro atoms. The van der Waals surface area contributed by atoms with Gasteiger partial charge in [0.25, 0.3) is 5.56 Å². The molecule has 0 aromatic carbocycles. The van der Waals surface area contributed by atoms with Crippen LogP contribution in [0.25, 0.3) is 0 Å². The van der Waals surface area contributed by atoms with E-state index in [1.54, 1.807) is 7.11 Å². The highest BCUT2D eigenvalue weighted by Crippen LogP contribution is 2.09. The second-order valence-electron chi connectivity index (χ2n) is 3.58. The monoisotopic (exact) mass is 228 g/mol. The van der Waals surface area contributed by atoms with E-state index >= 15 is 0 Å². The summed E-state index contributed by atoms with van der Waals surface area (Å²) in [5, 5.41) is 2.89. The van der Waals surface area contributed by atoms with Gasteiger partial charge in [-0.1, -0.05) is 0 Å². The van der Waals surface area contributed by atoms with E-state index in [0.29, 0.717) is 6.61 Å². The van der Waals surface area contributed by atoms with Gasteiger partial charge in [-0.15, -0.1) is 0 Å². The van der Waals surface area contributed by atoms with Crippen LogP contribution < -0.4 is 22.3 Å². The molecule has 1 atom stereocenters. The van der Waals surface area contributed by atoms with Gasteiger partial charge in [-0.25, -0.2) is 4.79 Å². The van der Waals surface area contributed by atoms with E-state index in [4.69, 9.17) is 10.5 Å². The van der Waals surface area contributed by atoms with E-state index in [-0.39, 0.29) is 17.5 Å². The molecule has 0 radical (unpaired) electrons. The quantitative estimate of drug-likeness (QED) is 0.620. The first-order valence-corrected chi connectivity index (χ1v) is 4.81. The molecule has 0 saturated carbocycles. The first kappa shape index (κ1) is 12.3. The Balaban J connectivity index is 3.10. The average molecular weight is 228 g/mol. The van der Waals surface area contributed by atoms with Crippen LogP contribution in [0.3, 0.4) is 0 Å². The van der Waals surface area contributed by atoms with Crippen LogP contribution >= 0.6 is 0 Å². The van der Waals surface area contributed by atoms with Crippen LogP contribution in [0, 0.1) is 0 Å². The van der Waals surface area contributed by atoms with Gasteiger partial charge in [-0.2, -0.15) is 0 Å². The maximum Gasteiger partial charge on any atom is 0.329 e. The zero-order valence-corrected chi connectivity index (χ0v) is 9.53. The number of rotatable bonds is 4. The number of aromatic nitrogens is 2. The highest BCUT2D eigenvalue weighted by molar-refractivity contribution is 5.60. The standard InChI is InChI=1S/C9H16N4O3/c1-5(4-16-3)11-6-7(10)13(2)9(15)12-8(6)14/h5,11H,4,10H2,1-3H3,(H,12,14,15). The van der Waals surface area contributed by atoms with Crippen molar-refractivity contribution in [2.45, 2.75) is 13.0 Å². The van der Waals surface area contributed by atoms with Crippen molar-refractivity contribution in [3.05, 3.63) is 20.8 Å². The minimum absolute atomic E-state index is 0.0779. The Morgan fingerprint density at radius 1 is 1.56 bits per heavy atom. The van der Waals surface area contributed by atoms with E-state index in [1.165, 1.54) is 11.6 Å². The van der Waals surface area contributed by atoms with Crippen LogP contribution in [0.1, 0.15) is 6.92 Å². The van der Waals surface area contributed by atoms with Gasteiger partial charge in [-0.3, -0.25) is 14.3 Å². The van der Waals surface area contributed by atoms with Crippen molar-refractivity contribution >= 4 is 11.5 Å². The predicted molar refractivity (Wildman–Crippen MR) is 61.7 cm³/mol. The van der Waals surface area contributed by atoms with Crippen molar-refractivity contribution < 1.29 is 4.74 Å². The summed E-state index contributed by atoms with van der Waals surface area (Å²) in [4.78, 5) is 24.9. The SMILES string of the molecule is COCC(C)Nc1c(N)n(C)c(=O)[nH]c1=O. The maximum absolute atomic E-state index is 11.5. The van der Waals surface area contributed by atoms with E-state index < -0.39 is 11.2 Å². The molecule has 1 heterocycles. The van der Waals surface area contributed by atoms with Crippen LogP contribution in [0.5, 0.6) is 0 Å². The molecular weight excluding hydrogens is 212 g/mol. The zero-order valence-electron chi connectivity index (χ0n) is 9.53.